The number of hydrogen-bond acceptors (Lipinski definition) is 3. The molecular formula is C17H31N3O. The van der Waals surface area contributed by atoms with Crippen LogP contribution >= 0.6 is 0 Å². The third-order valence-corrected chi connectivity index (χ3v) is 5.68. The van der Waals surface area contributed by atoms with Gasteiger partial charge in [-0.1, -0.05) is 12.8 Å². The number of likely N-dealkylation sites (tertiary alicyclic amines) is 1. The van der Waals surface area contributed by atoms with E-state index in [0.29, 0.717) is 6.04 Å². The average molecular weight is 293 g/mol. The predicted molar refractivity (Wildman–Crippen MR) is 85.2 cm³/mol. The first-order chi connectivity index (χ1) is 10.3. The highest BCUT2D eigenvalue weighted by Crippen LogP contribution is 2.26. The Bertz CT molecular complexity index is 327. The molecule has 3 fully saturated rings. The summed E-state index contributed by atoms with van der Waals surface area (Å²) in [5, 5.41) is 6.64. The van der Waals surface area contributed by atoms with Crippen LogP contribution in [0.5, 0.6) is 0 Å². The van der Waals surface area contributed by atoms with Gasteiger partial charge in [0.15, 0.2) is 0 Å². The molecule has 2 saturated heterocycles. The summed E-state index contributed by atoms with van der Waals surface area (Å²) < 4.78 is 0. The third-order valence-electron chi connectivity index (χ3n) is 5.68. The Morgan fingerprint density at radius 2 is 1.86 bits per heavy atom. The van der Waals surface area contributed by atoms with E-state index < -0.39 is 0 Å². The van der Waals surface area contributed by atoms with Crippen LogP contribution in [0, 0.1) is 5.92 Å². The highest BCUT2D eigenvalue weighted by Gasteiger charge is 2.27. The van der Waals surface area contributed by atoms with Crippen molar-refractivity contribution in [3.05, 3.63) is 0 Å². The van der Waals surface area contributed by atoms with Crippen LogP contribution in [0.15, 0.2) is 0 Å². The van der Waals surface area contributed by atoms with Gasteiger partial charge in [-0.3, -0.25) is 4.79 Å². The maximum absolute atomic E-state index is 12.1. The van der Waals surface area contributed by atoms with Crippen molar-refractivity contribution in [3.8, 4) is 0 Å². The lowest BCUT2D eigenvalue weighted by Crippen LogP contribution is -2.47. The first-order valence-electron chi connectivity index (χ1n) is 9.05. The summed E-state index contributed by atoms with van der Waals surface area (Å²) in [6.45, 7) is 4.60. The molecule has 1 atom stereocenters. The minimum atomic E-state index is 0.279. The molecule has 3 rings (SSSR count). The zero-order valence-electron chi connectivity index (χ0n) is 13.3. The molecule has 1 unspecified atom stereocenters. The van der Waals surface area contributed by atoms with E-state index in [2.05, 4.69) is 15.5 Å². The van der Waals surface area contributed by atoms with Crippen molar-refractivity contribution in [2.24, 2.45) is 5.92 Å². The molecule has 2 N–H and O–H groups in total. The van der Waals surface area contributed by atoms with Crippen molar-refractivity contribution in [1.29, 1.82) is 0 Å². The highest BCUT2D eigenvalue weighted by molar-refractivity contribution is 5.76. The Morgan fingerprint density at radius 3 is 2.52 bits per heavy atom. The SMILES string of the molecule is O=C(CCC1CCNC1)NC1CCN(C2CCCC2)CC1. The van der Waals surface area contributed by atoms with E-state index in [1.165, 1.54) is 45.2 Å². The third kappa shape index (κ3) is 4.43. The Balaban J connectivity index is 1.31. The average Bonchev–Trinajstić information content (AvgIpc) is 3.19. The van der Waals surface area contributed by atoms with Crippen molar-refractivity contribution in [2.75, 3.05) is 26.2 Å². The fourth-order valence-electron chi connectivity index (χ4n) is 4.27. The fourth-order valence-corrected chi connectivity index (χ4v) is 4.27. The second kappa shape index (κ2) is 7.59. The van der Waals surface area contributed by atoms with Crippen LogP contribution in [0.2, 0.25) is 0 Å². The molecular weight excluding hydrogens is 262 g/mol. The summed E-state index contributed by atoms with van der Waals surface area (Å²) in [6.07, 6.45) is 10.9. The Morgan fingerprint density at radius 1 is 1.10 bits per heavy atom. The van der Waals surface area contributed by atoms with E-state index in [0.717, 1.165) is 50.7 Å². The van der Waals surface area contributed by atoms with Crippen molar-refractivity contribution in [1.82, 2.24) is 15.5 Å². The van der Waals surface area contributed by atoms with Gasteiger partial charge in [0.05, 0.1) is 0 Å². The second-order valence-electron chi connectivity index (χ2n) is 7.21. The van der Waals surface area contributed by atoms with E-state index in [1.807, 2.05) is 0 Å². The molecule has 1 amide bonds. The molecule has 120 valence electrons. The van der Waals surface area contributed by atoms with Crippen LogP contribution in [0.25, 0.3) is 0 Å². The molecule has 4 nitrogen and oxygen atoms in total. The first kappa shape index (κ1) is 15.3. The van der Waals surface area contributed by atoms with Crippen LogP contribution < -0.4 is 10.6 Å². The Hall–Kier alpha value is -0.610. The molecule has 1 saturated carbocycles. The van der Waals surface area contributed by atoms with E-state index in [9.17, 15) is 4.79 Å². The van der Waals surface area contributed by atoms with Gasteiger partial charge in [0.2, 0.25) is 5.91 Å². The summed E-state index contributed by atoms with van der Waals surface area (Å²) in [4.78, 5) is 14.7. The first-order valence-corrected chi connectivity index (χ1v) is 9.05. The standard InChI is InChI=1S/C17H31N3O/c21-17(6-5-14-7-10-18-13-14)19-15-8-11-20(12-9-15)16-3-1-2-4-16/h14-16,18H,1-13H2,(H,19,21). The normalized spacial score (nSPS) is 29.0. The molecule has 0 aromatic carbocycles. The number of rotatable bonds is 5. The molecule has 2 aliphatic heterocycles. The van der Waals surface area contributed by atoms with E-state index in [1.54, 1.807) is 0 Å². The van der Waals surface area contributed by atoms with Gasteiger partial charge in [0, 0.05) is 31.6 Å². The maximum atomic E-state index is 12.1. The van der Waals surface area contributed by atoms with Crippen molar-refractivity contribution in [2.45, 2.75) is 69.9 Å². The molecule has 0 bridgehead atoms. The number of nitrogens with zero attached hydrogens (tertiary/aromatic N) is 1. The highest BCUT2D eigenvalue weighted by atomic mass is 16.1. The van der Waals surface area contributed by atoms with E-state index >= 15 is 0 Å². The van der Waals surface area contributed by atoms with Crippen LogP contribution in [0.1, 0.15) is 57.8 Å². The van der Waals surface area contributed by atoms with Gasteiger partial charge < -0.3 is 15.5 Å². The summed E-state index contributed by atoms with van der Waals surface area (Å²) in [5.41, 5.74) is 0. The summed E-state index contributed by atoms with van der Waals surface area (Å²) in [7, 11) is 0. The van der Waals surface area contributed by atoms with Crippen molar-refractivity contribution >= 4 is 5.91 Å². The maximum Gasteiger partial charge on any atom is 0.220 e. The summed E-state index contributed by atoms with van der Waals surface area (Å²) >= 11 is 0. The number of piperidine rings is 1. The zero-order valence-corrected chi connectivity index (χ0v) is 13.3. The van der Waals surface area contributed by atoms with Gasteiger partial charge in [0.25, 0.3) is 0 Å². The molecule has 0 aromatic heterocycles. The van der Waals surface area contributed by atoms with Crippen molar-refractivity contribution < 1.29 is 4.79 Å². The molecule has 4 heteroatoms. The Labute approximate surface area is 129 Å². The van der Waals surface area contributed by atoms with Gasteiger partial charge in [-0.25, -0.2) is 0 Å². The second-order valence-corrected chi connectivity index (χ2v) is 7.21. The van der Waals surface area contributed by atoms with Crippen LogP contribution in [-0.2, 0) is 4.79 Å². The number of nitrogens with one attached hydrogen (secondary N) is 2. The van der Waals surface area contributed by atoms with Gasteiger partial charge in [-0.05, 0) is 57.5 Å². The molecule has 3 aliphatic rings. The van der Waals surface area contributed by atoms with Gasteiger partial charge >= 0.3 is 0 Å². The molecule has 0 aromatic rings. The van der Waals surface area contributed by atoms with Crippen LogP contribution in [0.4, 0.5) is 0 Å². The lowest BCUT2D eigenvalue weighted by Gasteiger charge is -2.36. The Kier molecular flexibility index (Phi) is 5.53. The molecule has 2 heterocycles. The molecule has 1 aliphatic carbocycles. The van der Waals surface area contributed by atoms with Crippen LogP contribution in [-0.4, -0.2) is 49.1 Å². The lowest BCUT2D eigenvalue weighted by molar-refractivity contribution is -0.122. The van der Waals surface area contributed by atoms with Gasteiger partial charge in [-0.2, -0.15) is 0 Å². The van der Waals surface area contributed by atoms with Crippen molar-refractivity contribution in [3.63, 3.8) is 0 Å². The predicted octanol–water partition coefficient (Wildman–Crippen LogP) is 1.90. The van der Waals surface area contributed by atoms with Gasteiger partial charge in [0.1, 0.15) is 0 Å². The molecule has 21 heavy (non-hydrogen) atoms. The monoisotopic (exact) mass is 293 g/mol. The zero-order chi connectivity index (χ0) is 14.5. The minimum absolute atomic E-state index is 0.279. The fraction of sp³-hybridized carbons (Fsp3) is 0.941. The topological polar surface area (TPSA) is 44.4 Å². The molecule has 0 radical (unpaired) electrons. The van der Waals surface area contributed by atoms with E-state index in [-0.39, 0.29) is 5.91 Å². The molecule has 0 spiro atoms. The van der Waals surface area contributed by atoms with Gasteiger partial charge in [-0.15, -0.1) is 0 Å². The summed E-state index contributed by atoms with van der Waals surface area (Å²) in [6, 6.07) is 1.27. The summed E-state index contributed by atoms with van der Waals surface area (Å²) in [5.74, 6) is 1.00. The number of amides is 1. The van der Waals surface area contributed by atoms with Crippen LogP contribution in [0.3, 0.4) is 0 Å². The quantitative estimate of drug-likeness (QED) is 0.814. The lowest BCUT2D eigenvalue weighted by atomic mass is 10.0. The minimum Gasteiger partial charge on any atom is -0.353 e. The number of carbonyl (C=O) groups excluding carboxylic acids is 1. The van der Waals surface area contributed by atoms with E-state index in [4.69, 9.17) is 0 Å². The number of hydrogen-bond donors (Lipinski definition) is 2. The largest absolute Gasteiger partial charge is 0.353 e. The number of carbonyl (C=O) groups is 1. The smallest absolute Gasteiger partial charge is 0.220 e.